The van der Waals surface area contributed by atoms with E-state index in [-0.39, 0.29) is 17.7 Å². The lowest BCUT2D eigenvalue weighted by atomic mass is 9.43. The molecule has 68 heavy (non-hydrogen) atoms. The van der Waals surface area contributed by atoms with Crippen LogP contribution in [0, 0.1) is 0 Å². The van der Waals surface area contributed by atoms with Crippen LogP contribution < -0.4 is 20.6 Å². The fourth-order valence-electron chi connectivity index (χ4n) is 11.9. The molecule has 3 heterocycles. The van der Waals surface area contributed by atoms with Gasteiger partial charge in [0.05, 0.1) is 5.69 Å². The van der Waals surface area contributed by atoms with E-state index in [0.717, 1.165) is 12.8 Å². The summed E-state index contributed by atoms with van der Waals surface area (Å²) >= 11 is 1.92. The Labute approximate surface area is 408 Å². The highest BCUT2D eigenvalue weighted by molar-refractivity contribution is 7.26. The van der Waals surface area contributed by atoms with Gasteiger partial charge in [-0.3, -0.25) is 0 Å². The van der Waals surface area contributed by atoms with E-state index >= 15 is 0 Å². The third-order valence-corrected chi connectivity index (χ3v) is 17.0. The van der Waals surface area contributed by atoms with Crippen LogP contribution in [0.2, 0.25) is 0 Å². The van der Waals surface area contributed by atoms with Crippen molar-refractivity contribution in [2.45, 2.75) is 104 Å². The Balaban J connectivity index is 1.23. The molecule has 1 aliphatic carbocycles. The van der Waals surface area contributed by atoms with Crippen LogP contribution in [0.15, 0.2) is 164 Å². The summed E-state index contributed by atoms with van der Waals surface area (Å²) in [6, 6.07) is 63.8. The molecule has 3 aliphatic rings. The maximum Gasteiger partial charge on any atom is 0.333 e. The molecule has 0 saturated carbocycles. The number of rotatable bonds is 10. The molecule has 336 valence electrons. The standard InChI is InChI=1S/C64H61BN2S/c1-7-9-19-42-27-30-47(31-28-42)67-57-40-54-53(63(3,4)33-34-64(54,5)6)38-50(57)52-36-46(44-21-13-11-14-22-44)37-59-62(52)65(67)55-39-51-48-25-17-18-26-60(48)68-61(51)41-58(55)66(59)56-32-29-43(20-10-8-2)35-49(56)45-23-15-12-16-24-45/h11-18,21-32,35-41H,7-10,19-20,33-34H2,1-6H3. The van der Waals surface area contributed by atoms with Gasteiger partial charge >= 0.3 is 6.85 Å². The van der Waals surface area contributed by atoms with E-state index in [9.17, 15) is 0 Å². The average Bonchev–Trinajstić information content (AvgIpc) is 3.74. The Bertz CT molecular complexity index is 3380. The van der Waals surface area contributed by atoms with Crippen LogP contribution in [0.3, 0.4) is 0 Å². The summed E-state index contributed by atoms with van der Waals surface area (Å²) in [7, 11) is 0. The fourth-order valence-corrected chi connectivity index (χ4v) is 13.1. The summed E-state index contributed by atoms with van der Waals surface area (Å²) in [6.07, 6.45) is 9.24. The highest BCUT2D eigenvalue weighted by Gasteiger charge is 2.48. The number of aryl methyl sites for hydroxylation is 2. The van der Waals surface area contributed by atoms with Gasteiger partial charge in [0.25, 0.3) is 0 Å². The minimum atomic E-state index is -0.0881. The second-order valence-electron chi connectivity index (χ2n) is 21.2. The molecular formula is C64H61BN2S. The van der Waals surface area contributed by atoms with Gasteiger partial charge in [-0.15, -0.1) is 11.3 Å². The van der Waals surface area contributed by atoms with Crippen molar-refractivity contribution in [3.05, 3.63) is 186 Å². The molecule has 0 atom stereocenters. The Hall–Kier alpha value is -6.36. The molecule has 0 N–H and O–H groups in total. The Morgan fingerprint density at radius 2 is 1.13 bits per heavy atom. The second-order valence-corrected chi connectivity index (χ2v) is 22.3. The average molecular weight is 901 g/mol. The van der Waals surface area contributed by atoms with E-state index in [1.165, 1.54) is 154 Å². The molecule has 0 fully saturated rings. The SMILES string of the molecule is CCCCc1ccc(N2B3c4cc5c(cc4N(c4ccc(CCCC)cc4-c4ccccc4)c4cc(-c6ccccc6)cc(c43)-c3cc4c(cc32)C(C)(C)CCC4(C)C)sc2ccccc25)cc1. The zero-order valence-corrected chi connectivity index (χ0v) is 41.4. The Kier molecular flexibility index (Phi) is 10.6. The van der Waals surface area contributed by atoms with E-state index in [2.05, 4.69) is 215 Å². The highest BCUT2D eigenvalue weighted by Crippen LogP contribution is 2.55. The number of thiophene rings is 1. The third kappa shape index (κ3) is 7.04. The molecule has 1 aromatic heterocycles. The third-order valence-electron chi connectivity index (χ3n) is 15.9. The number of hydrogen-bond acceptors (Lipinski definition) is 3. The van der Waals surface area contributed by atoms with Gasteiger partial charge in [0.1, 0.15) is 0 Å². The van der Waals surface area contributed by atoms with Gasteiger partial charge in [0, 0.05) is 54.0 Å². The van der Waals surface area contributed by atoms with Gasteiger partial charge in [-0.2, -0.15) is 0 Å². The van der Waals surface area contributed by atoms with E-state index in [0.29, 0.717) is 0 Å². The quantitative estimate of drug-likeness (QED) is 0.126. The number of unbranched alkanes of at least 4 members (excludes halogenated alkanes) is 2. The number of fused-ring (bicyclic) bond motifs is 8. The lowest BCUT2D eigenvalue weighted by Crippen LogP contribution is -2.61. The summed E-state index contributed by atoms with van der Waals surface area (Å²) in [5.41, 5.74) is 22.5. The zero-order valence-electron chi connectivity index (χ0n) is 40.6. The summed E-state index contributed by atoms with van der Waals surface area (Å²) < 4.78 is 2.65. The molecule has 0 amide bonds. The van der Waals surface area contributed by atoms with Gasteiger partial charge in [-0.1, -0.05) is 158 Å². The molecule has 2 aliphatic heterocycles. The van der Waals surface area contributed by atoms with Crippen molar-refractivity contribution in [2.24, 2.45) is 0 Å². The zero-order chi connectivity index (χ0) is 46.3. The summed E-state index contributed by atoms with van der Waals surface area (Å²) in [6.45, 7) is 14.4. The lowest BCUT2D eigenvalue weighted by molar-refractivity contribution is 0.332. The molecule has 8 aromatic carbocycles. The van der Waals surface area contributed by atoms with Crippen LogP contribution in [0.5, 0.6) is 0 Å². The maximum absolute atomic E-state index is 2.76. The van der Waals surface area contributed by atoms with Crippen LogP contribution >= 0.6 is 11.3 Å². The van der Waals surface area contributed by atoms with Crippen molar-refractivity contribution in [3.8, 4) is 33.4 Å². The van der Waals surface area contributed by atoms with Crippen LogP contribution in [0.4, 0.5) is 28.4 Å². The van der Waals surface area contributed by atoms with Crippen molar-refractivity contribution >= 4 is 77.7 Å². The van der Waals surface area contributed by atoms with Crippen molar-refractivity contribution in [3.63, 3.8) is 0 Å². The van der Waals surface area contributed by atoms with Gasteiger partial charge in [0.2, 0.25) is 0 Å². The molecule has 4 heteroatoms. The molecule has 9 aromatic rings. The minimum absolute atomic E-state index is 0.0487. The largest absolute Gasteiger partial charge is 0.376 e. The summed E-state index contributed by atoms with van der Waals surface area (Å²) in [5.74, 6) is 0. The van der Waals surface area contributed by atoms with Gasteiger partial charge < -0.3 is 9.71 Å². The molecule has 0 saturated heterocycles. The number of hydrogen-bond donors (Lipinski definition) is 0. The van der Waals surface area contributed by atoms with Crippen molar-refractivity contribution in [1.29, 1.82) is 0 Å². The lowest BCUT2D eigenvalue weighted by Gasteiger charge is -2.48. The van der Waals surface area contributed by atoms with Crippen molar-refractivity contribution in [2.75, 3.05) is 9.71 Å². The molecule has 0 bridgehead atoms. The molecule has 12 rings (SSSR count). The van der Waals surface area contributed by atoms with E-state index < -0.39 is 0 Å². The molecule has 0 radical (unpaired) electrons. The predicted octanol–water partition coefficient (Wildman–Crippen LogP) is 17.1. The van der Waals surface area contributed by atoms with Crippen LogP contribution in [0.1, 0.15) is 102 Å². The topological polar surface area (TPSA) is 6.48 Å². The highest BCUT2D eigenvalue weighted by atomic mass is 32.1. The number of anilines is 5. The van der Waals surface area contributed by atoms with Gasteiger partial charge in [-0.05, 0) is 165 Å². The van der Waals surface area contributed by atoms with E-state index in [1.54, 1.807) is 0 Å². The Morgan fingerprint density at radius 1 is 0.485 bits per heavy atom. The molecule has 2 nitrogen and oxygen atoms in total. The monoisotopic (exact) mass is 900 g/mol. The number of benzene rings is 8. The Morgan fingerprint density at radius 3 is 1.85 bits per heavy atom. The normalized spacial score (nSPS) is 15.3. The van der Waals surface area contributed by atoms with E-state index in [1.807, 2.05) is 11.3 Å². The van der Waals surface area contributed by atoms with Gasteiger partial charge in [-0.25, -0.2) is 0 Å². The first kappa shape index (κ1) is 43.0. The molecule has 0 spiro atoms. The van der Waals surface area contributed by atoms with Crippen LogP contribution in [-0.2, 0) is 23.7 Å². The summed E-state index contributed by atoms with van der Waals surface area (Å²) in [5, 5.41) is 2.67. The first-order valence-corrected chi connectivity index (χ1v) is 26.2. The molecular weight excluding hydrogens is 840 g/mol. The molecule has 0 unspecified atom stereocenters. The van der Waals surface area contributed by atoms with Crippen molar-refractivity contribution < 1.29 is 0 Å². The van der Waals surface area contributed by atoms with Crippen LogP contribution in [0.25, 0.3) is 53.6 Å². The minimum Gasteiger partial charge on any atom is -0.376 e. The smallest absolute Gasteiger partial charge is 0.333 e. The number of nitrogens with zero attached hydrogens (tertiary/aromatic N) is 2. The van der Waals surface area contributed by atoms with Gasteiger partial charge in [0.15, 0.2) is 0 Å². The maximum atomic E-state index is 2.76. The predicted molar refractivity (Wildman–Crippen MR) is 296 cm³/mol. The van der Waals surface area contributed by atoms with Crippen LogP contribution in [-0.4, -0.2) is 6.85 Å². The van der Waals surface area contributed by atoms with Crippen molar-refractivity contribution in [1.82, 2.24) is 0 Å². The second kappa shape index (κ2) is 16.7. The first-order chi connectivity index (χ1) is 33.1. The van der Waals surface area contributed by atoms with E-state index in [4.69, 9.17) is 0 Å². The summed E-state index contributed by atoms with van der Waals surface area (Å²) in [4.78, 5) is 5.43. The first-order valence-electron chi connectivity index (χ1n) is 25.4. The fraction of sp³-hybridized carbons (Fsp3) is 0.250.